The Kier molecular flexibility index (Phi) is 6.34. The van der Waals surface area contributed by atoms with Gasteiger partial charge in [-0.2, -0.15) is 0 Å². The molecule has 1 N–H and O–H groups in total. The maximum Gasteiger partial charge on any atom is 0.203 e. The number of piperazine rings is 1. The summed E-state index contributed by atoms with van der Waals surface area (Å²) in [6.07, 6.45) is 1.04. The molecule has 1 aromatic rings. The number of hydrogen-bond donors (Lipinski definition) is 1. The van der Waals surface area contributed by atoms with Crippen LogP contribution in [-0.4, -0.2) is 57.9 Å². The number of nitrogens with zero attached hydrogens (tertiary/aromatic N) is 1. The van der Waals surface area contributed by atoms with E-state index in [1.807, 2.05) is 19.9 Å². The molecule has 1 aliphatic rings. The highest BCUT2D eigenvalue weighted by Crippen LogP contribution is 2.40. The van der Waals surface area contributed by atoms with Gasteiger partial charge in [0.1, 0.15) is 0 Å². The number of methoxy groups -OCH3 is 2. The summed E-state index contributed by atoms with van der Waals surface area (Å²) in [6, 6.07) is 4.04. The summed E-state index contributed by atoms with van der Waals surface area (Å²) in [4.78, 5) is 2.48. The minimum absolute atomic E-state index is 0.0962. The van der Waals surface area contributed by atoms with Crippen LogP contribution in [0.15, 0.2) is 12.1 Å². The molecule has 0 spiro atoms. The molecule has 1 aromatic carbocycles. The molecule has 0 radical (unpaired) electrons. The Labute approximate surface area is 133 Å². The van der Waals surface area contributed by atoms with E-state index in [1.165, 1.54) is 5.56 Å². The van der Waals surface area contributed by atoms with E-state index in [9.17, 15) is 0 Å². The Morgan fingerprint density at radius 3 is 2.41 bits per heavy atom. The lowest BCUT2D eigenvalue weighted by Gasteiger charge is -2.27. The van der Waals surface area contributed by atoms with E-state index in [0.29, 0.717) is 11.5 Å². The second-order valence-electron chi connectivity index (χ2n) is 5.80. The molecular formula is C17H28N2O3. The third-order valence-corrected chi connectivity index (χ3v) is 3.84. The molecule has 0 unspecified atom stereocenters. The number of nitrogens with one attached hydrogen (secondary N) is 1. The van der Waals surface area contributed by atoms with Crippen LogP contribution in [0.3, 0.4) is 0 Å². The molecule has 0 saturated carbocycles. The van der Waals surface area contributed by atoms with Gasteiger partial charge in [0.2, 0.25) is 5.75 Å². The van der Waals surface area contributed by atoms with Crippen molar-refractivity contribution in [3.05, 3.63) is 17.7 Å². The van der Waals surface area contributed by atoms with Crippen LogP contribution < -0.4 is 19.5 Å². The van der Waals surface area contributed by atoms with Gasteiger partial charge in [0.15, 0.2) is 11.5 Å². The Hall–Kier alpha value is -1.46. The monoisotopic (exact) mass is 308 g/mol. The molecule has 1 saturated heterocycles. The summed E-state index contributed by atoms with van der Waals surface area (Å²) in [5.74, 6) is 2.21. The van der Waals surface area contributed by atoms with Crippen molar-refractivity contribution in [3.63, 3.8) is 0 Å². The Morgan fingerprint density at radius 1 is 1.09 bits per heavy atom. The fourth-order valence-electron chi connectivity index (χ4n) is 2.71. The van der Waals surface area contributed by atoms with Crippen LogP contribution >= 0.6 is 0 Å². The lowest BCUT2D eigenvalue weighted by Crippen LogP contribution is -2.44. The number of ether oxygens (including phenoxy) is 3. The van der Waals surface area contributed by atoms with Crippen molar-refractivity contribution in [1.82, 2.24) is 10.2 Å². The van der Waals surface area contributed by atoms with Gasteiger partial charge >= 0.3 is 0 Å². The van der Waals surface area contributed by atoms with Gasteiger partial charge in [0, 0.05) is 32.7 Å². The average Bonchev–Trinajstić information content (AvgIpc) is 2.53. The SMILES string of the molecule is COc1ccc(CCN2CCNCC2)c(OC(C)C)c1OC. The second-order valence-corrected chi connectivity index (χ2v) is 5.80. The zero-order chi connectivity index (χ0) is 15.9. The lowest BCUT2D eigenvalue weighted by atomic mass is 10.1. The molecule has 0 amide bonds. The van der Waals surface area contributed by atoms with Crippen LogP contribution in [0.5, 0.6) is 17.2 Å². The van der Waals surface area contributed by atoms with Crippen molar-refractivity contribution in [3.8, 4) is 17.2 Å². The van der Waals surface area contributed by atoms with Crippen molar-refractivity contribution < 1.29 is 14.2 Å². The molecule has 1 heterocycles. The fraction of sp³-hybridized carbons (Fsp3) is 0.647. The van der Waals surface area contributed by atoms with Crippen molar-refractivity contribution >= 4 is 0 Å². The van der Waals surface area contributed by atoms with Crippen LogP contribution in [0.2, 0.25) is 0 Å². The van der Waals surface area contributed by atoms with Crippen molar-refractivity contribution in [1.29, 1.82) is 0 Å². The topological polar surface area (TPSA) is 43.0 Å². The van der Waals surface area contributed by atoms with E-state index < -0.39 is 0 Å². The smallest absolute Gasteiger partial charge is 0.203 e. The number of benzene rings is 1. The highest BCUT2D eigenvalue weighted by atomic mass is 16.5. The predicted molar refractivity (Wildman–Crippen MR) is 88.3 cm³/mol. The molecule has 1 fully saturated rings. The van der Waals surface area contributed by atoms with E-state index >= 15 is 0 Å². The van der Waals surface area contributed by atoms with Gasteiger partial charge in [-0.3, -0.25) is 0 Å². The van der Waals surface area contributed by atoms with Gasteiger partial charge in [-0.05, 0) is 31.9 Å². The summed E-state index contributed by atoms with van der Waals surface area (Å²) in [5, 5.41) is 3.38. The van der Waals surface area contributed by atoms with Gasteiger partial charge in [-0.15, -0.1) is 0 Å². The average molecular weight is 308 g/mol. The molecular weight excluding hydrogens is 280 g/mol. The molecule has 0 aliphatic carbocycles. The second kappa shape index (κ2) is 8.25. The maximum absolute atomic E-state index is 6.01. The summed E-state index contributed by atoms with van der Waals surface area (Å²) in [6.45, 7) is 9.44. The largest absolute Gasteiger partial charge is 0.493 e. The molecule has 0 bridgehead atoms. The standard InChI is InChI=1S/C17H28N2O3/c1-13(2)22-16-14(5-6-15(20-3)17(16)21-4)7-10-19-11-8-18-9-12-19/h5-6,13,18H,7-12H2,1-4H3. The quantitative estimate of drug-likeness (QED) is 0.834. The first kappa shape index (κ1) is 16.9. The first-order chi connectivity index (χ1) is 10.7. The summed E-state index contributed by atoms with van der Waals surface area (Å²) in [7, 11) is 3.31. The normalized spacial score (nSPS) is 15.9. The zero-order valence-electron chi connectivity index (χ0n) is 14.1. The van der Waals surface area contributed by atoms with E-state index in [1.54, 1.807) is 14.2 Å². The number of rotatable bonds is 7. The van der Waals surface area contributed by atoms with Crippen molar-refractivity contribution in [2.45, 2.75) is 26.4 Å². The highest BCUT2D eigenvalue weighted by Gasteiger charge is 2.18. The van der Waals surface area contributed by atoms with E-state index in [-0.39, 0.29) is 6.10 Å². The zero-order valence-corrected chi connectivity index (χ0v) is 14.1. The third kappa shape index (κ3) is 4.27. The molecule has 1 aliphatic heterocycles. The molecule has 5 heteroatoms. The molecule has 0 aromatic heterocycles. The minimum Gasteiger partial charge on any atom is -0.493 e. The van der Waals surface area contributed by atoms with Crippen LogP contribution in [0, 0.1) is 0 Å². The summed E-state index contributed by atoms with van der Waals surface area (Å²) < 4.78 is 16.9. The predicted octanol–water partition coefficient (Wildman–Crippen LogP) is 1.94. The third-order valence-electron chi connectivity index (χ3n) is 3.84. The Balaban J connectivity index is 2.17. The van der Waals surface area contributed by atoms with Gasteiger partial charge in [-0.25, -0.2) is 0 Å². The van der Waals surface area contributed by atoms with Crippen molar-refractivity contribution in [2.24, 2.45) is 0 Å². The van der Waals surface area contributed by atoms with Crippen LogP contribution in [0.1, 0.15) is 19.4 Å². The first-order valence-electron chi connectivity index (χ1n) is 7.99. The van der Waals surface area contributed by atoms with Gasteiger partial charge in [-0.1, -0.05) is 6.07 Å². The van der Waals surface area contributed by atoms with E-state index in [2.05, 4.69) is 16.3 Å². The molecule has 22 heavy (non-hydrogen) atoms. The molecule has 0 atom stereocenters. The van der Waals surface area contributed by atoms with E-state index in [4.69, 9.17) is 14.2 Å². The van der Waals surface area contributed by atoms with Crippen molar-refractivity contribution in [2.75, 3.05) is 46.9 Å². The van der Waals surface area contributed by atoms with Gasteiger partial charge in [0.05, 0.1) is 20.3 Å². The maximum atomic E-state index is 6.01. The molecule has 2 rings (SSSR count). The fourth-order valence-corrected chi connectivity index (χ4v) is 2.71. The molecule has 124 valence electrons. The minimum atomic E-state index is 0.0962. The van der Waals surface area contributed by atoms with Gasteiger partial charge < -0.3 is 24.4 Å². The Morgan fingerprint density at radius 2 is 1.82 bits per heavy atom. The van der Waals surface area contributed by atoms with Gasteiger partial charge in [0.25, 0.3) is 0 Å². The lowest BCUT2D eigenvalue weighted by molar-refractivity contribution is 0.219. The first-order valence-corrected chi connectivity index (χ1v) is 7.99. The van der Waals surface area contributed by atoms with E-state index in [0.717, 1.165) is 44.9 Å². The van der Waals surface area contributed by atoms with Crippen LogP contribution in [0.25, 0.3) is 0 Å². The molecule has 5 nitrogen and oxygen atoms in total. The van der Waals surface area contributed by atoms with Crippen LogP contribution in [-0.2, 0) is 6.42 Å². The Bertz CT molecular complexity index is 471. The summed E-state index contributed by atoms with van der Waals surface area (Å²) in [5.41, 5.74) is 1.17. The highest BCUT2D eigenvalue weighted by molar-refractivity contribution is 5.56. The number of hydrogen-bond acceptors (Lipinski definition) is 5. The van der Waals surface area contributed by atoms with Crippen LogP contribution in [0.4, 0.5) is 0 Å². The summed E-state index contributed by atoms with van der Waals surface area (Å²) >= 11 is 0.